The van der Waals surface area contributed by atoms with Crippen molar-refractivity contribution in [3.05, 3.63) is 29.8 Å². The summed E-state index contributed by atoms with van der Waals surface area (Å²) in [4.78, 5) is 18.2. The first kappa shape index (κ1) is 13.9. The van der Waals surface area contributed by atoms with Gasteiger partial charge < -0.3 is 10.6 Å². The molecule has 3 N–H and O–H groups in total. The second-order valence-corrected chi connectivity index (χ2v) is 6.15. The number of fused-ring (bicyclic) bond motifs is 1. The molecule has 0 bridgehead atoms. The fraction of sp³-hybridized carbons (Fsp3) is 0.357. The summed E-state index contributed by atoms with van der Waals surface area (Å²) in [6.07, 6.45) is 0. The van der Waals surface area contributed by atoms with Gasteiger partial charge in [-0.05, 0) is 19.1 Å². The molecule has 0 saturated carbocycles. The predicted molar refractivity (Wildman–Crippen MR) is 85.9 cm³/mol. The number of hydrogen-bond acceptors (Lipinski definition) is 5. The van der Waals surface area contributed by atoms with Crippen LogP contribution < -0.4 is 11.2 Å². The lowest BCUT2D eigenvalue weighted by molar-refractivity contribution is -0.125. The molecule has 1 unspecified atom stereocenters. The maximum Gasteiger partial charge on any atom is 0.263 e. The molecule has 6 nitrogen and oxygen atoms in total. The number of hydrazone groups is 1. The number of amidine groups is 2. The predicted octanol–water partition coefficient (Wildman–Crippen LogP) is 0.904. The number of carbonyl (C=O) groups excluding carboxylic acids is 1. The highest BCUT2D eigenvalue weighted by Gasteiger charge is 2.35. The number of benzene rings is 1. The zero-order valence-corrected chi connectivity index (χ0v) is 12.6. The largest absolute Gasteiger partial charge is 0.387 e. The summed E-state index contributed by atoms with van der Waals surface area (Å²) >= 11 is 1.80. The monoisotopic (exact) mass is 303 g/mol. The van der Waals surface area contributed by atoms with E-state index in [-0.39, 0.29) is 11.9 Å². The van der Waals surface area contributed by atoms with Gasteiger partial charge in [0.25, 0.3) is 5.91 Å². The van der Waals surface area contributed by atoms with Crippen LogP contribution in [0.3, 0.4) is 0 Å². The molecule has 0 aliphatic carbocycles. The van der Waals surface area contributed by atoms with Gasteiger partial charge in [0.05, 0.1) is 11.5 Å². The molecule has 7 heteroatoms. The number of nitrogens with one attached hydrogen (secondary N) is 1. The summed E-state index contributed by atoms with van der Waals surface area (Å²) in [5, 5.41) is 4.24. The van der Waals surface area contributed by atoms with Crippen molar-refractivity contribution in [2.75, 3.05) is 18.1 Å². The minimum atomic E-state index is -0.139. The molecule has 1 amide bonds. The van der Waals surface area contributed by atoms with Gasteiger partial charge in [0.15, 0.2) is 5.84 Å². The van der Waals surface area contributed by atoms with Gasteiger partial charge in [-0.15, -0.1) is 0 Å². The van der Waals surface area contributed by atoms with Crippen LogP contribution in [0.2, 0.25) is 0 Å². The van der Waals surface area contributed by atoms with Crippen LogP contribution in [0, 0.1) is 0 Å². The van der Waals surface area contributed by atoms with Gasteiger partial charge in [0, 0.05) is 23.6 Å². The molecule has 2 aliphatic rings. The Kier molecular flexibility index (Phi) is 3.83. The molecule has 0 aromatic heterocycles. The SMILES string of the molecule is CC(N)=Nc1cccc(C2=NNC(=O)C3CSCCN23)c1. The molecule has 0 radical (unpaired) electrons. The number of hydrogen-bond donors (Lipinski definition) is 2. The van der Waals surface area contributed by atoms with Crippen molar-refractivity contribution in [2.45, 2.75) is 13.0 Å². The summed E-state index contributed by atoms with van der Waals surface area (Å²) in [7, 11) is 0. The Morgan fingerprint density at radius 2 is 2.43 bits per heavy atom. The first-order valence-corrected chi connectivity index (χ1v) is 7.94. The second kappa shape index (κ2) is 5.77. The van der Waals surface area contributed by atoms with Crippen molar-refractivity contribution < 1.29 is 4.79 Å². The minimum Gasteiger partial charge on any atom is -0.387 e. The fourth-order valence-electron chi connectivity index (χ4n) is 2.47. The van der Waals surface area contributed by atoms with Gasteiger partial charge in [0.1, 0.15) is 6.04 Å². The quantitative estimate of drug-likeness (QED) is 0.628. The lowest BCUT2D eigenvalue weighted by Gasteiger charge is -2.38. The van der Waals surface area contributed by atoms with E-state index in [0.29, 0.717) is 5.84 Å². The van der Waals surface area contributed by atoms with Crippen molar-refractivity contribution in [1.29, 1.82) is 0 Å². The van der Waals surface area contributed by atoms with E-state index in [4.69, 9.17) is 5.73 Å². The van der Waals surface area contributed by atoms with E-state index in [2.05, 4.69) is 20.4 Å². The van der Waals surface area contributed by atoms with Crippen LogP contribution in [0.5, 0.6) is 0 Å². The van der Waals surface area contributed by atoms with Crippen LogP contribution in [-0.4, -0.2) is 46.6 Å². The molecule has 1 fully saturated rings. The molecule has 2 aliphatic heterocycles. The average Bonchev–Trinajstić information content (AvgIpc) is 2.47. The summed E-state index contributed by atoms with van der Waals surface area (Å²) in [5.74, 6) is 3.08. The zero-order chi connectivity index (χ0) is 14.8. The van der Waals surface area contributed by atoms with E-state index in [0.717, 1.165) is 35.1 Å². The highest BCUT2D eigenvalue weighted by atomic mass is 32.2. The molecule has 1 saturated heterocycles. The van der Waals surface area contributed by atoms with Crippen molar-refractivity contribution in [2.24, 2.45) is 15.8 Å². The zero-order valence-electron chi connectivity index (χ0n) is 11.7. The van der Waals surface area contributed by atoms with Gasteiger partial charge >= 0.3 is 0 Å². The fourth-order valence-corrected chi connectivity index (χ4v) is 3.52. The standard InChI is InChI=1S/C14H17N5OS/c1-9(15)16-11-4-2-3-10(7-11)13-17-18-14(20)12-8-21-6-5-19(12)13/h2-4,7,12H,5-6,8H2,1H3,(H2,15,16)(H,18,20). The molecule has 1 aromatic rings. The van der Waals surface area contributed by atoms with Crippen molar-refractivity contribution >= 4 is 35.0 Å². The third-order valence-corrected chi connectivity index (χ3v) is 4.41. The first-order chi connectivity index (χ1) is 10.1. The molecule has 1 atom stereocenters. The number of carbonyl (C=O) groups is 1. The third-order valence-electron chi connectivity index (χ3n) is 3.38. The van der Waals surface area contributed by atoms with Gasteiger partial charge in [-0.3, -0.25) is 4.79 Å². The van der Waals surface area contributed by atoms with Crippen LogP contribution in [0.4, 0.5) is 5.69 Å². The lowest BCUT2D eigenvalue weighted by Crippen LogP contribution is -2.57. The van der Waals surface area contributed by atoms with Crippen LogP contribution >= 0.6 is 11.8 Å². The van der Waals surface area contributed by atoms with Crippen molar-refractivity contribution in [1.82, 2.24) is 10.3 Å². The molecule has 1 aromatic carbocycles. The third kappa shape index (κ3) is 2.87. The number of amides is 1. The Morgan fingerprint density at radius 3 is 3.24 bits per heavy atom. The highest BCUT2D eigenvalue weighted by molar-refractivity contribution is 7.99. The lowest BCUT2D eigenvalue weighted by atomic mass is 10.1. The van der Waals surface area contributed by atoms with Crippen molar-refractivity contribution in [3.63, 3.8) is 0 Å². The van der Waals surface area contributed by atoms with Gasteiger partial charge in [-0.2, -0.15) is 16.9 Å². The van der Waals surface area contributed by atoms with E-state index >= 15 is 0 Å². The Hall–Kier alpha value is -2.02. The molecular weight excluding hydrogens is 286 g/mol. The Morgan fingerprint density at radius 1 is 1.57 bits per heavy atom. The van der Waals surface area contributed by atoms with E-state index in [1.807, 2.05) is 24.3 Å². The smallest absolute Gasteiger partial charge is 0.263 e. The highest BCUT2D eigenvalue weighted by Crippen LogP contribution is 2.23. The summed E-state index contributed by atoms with van der Waals surface area (Å²) in [6.45, 7) is 2.58. The Labute approximate surface area is 127 Å². The first-order valence-electron chi connectivity index (χ1n) is 6.78. The maximum atomic E-state index is 11.9. The number of nitrogens with zero attached hydrogens (tertiary/aromatic N) is 3. The summed E-state index contributed by atoms with van der Waals surface area (Å²) in [5.41, 5.74) is 9.98. The Balaban J connectivity index is 1.95. The molecular formula is C14H17N5OS. The average molecular weight is 303 g/mol. The summed E-state index contributed by atoms with van der Waals surface area (Å²) in [6, 6.07) is 7.58. The van der Waals surface area contributed by atoms with Crippen LogP contribution in [0.1, 0.15) is 12.5 Å². The van der Waals surface area contributed by atoms with Crippen LogP contribution in [0.15, 0.2) is 34.4 Å². The normalized spacial score (nSPS) is 22.4. The molecule has 0 spiro atoms. The van der Waals surface area contributed by atoms with E-state index < -0.39 is 0 Å². The van der Waals surface area contributed by atoms with Crippen LogP contribution in [-0.2, 0) is 4.79 Å². The molecule has 21 heavy (non-hydrogen) atoms. The summed E-state index contributed by atoms with van der Waals surface area (Å²) < 4.78 is 0. The van der Waals surface area contributed by atoms with E-state index in [9.17, 15) is 4.79 Å². The topological polar surface area (TPSA) is 83.1 Å². The van der Waals surface area contributed by atoms with Crippen LogP contribution in [0.25, 0.3) is 0 Å². The number of rotatable bonds is 2. The molecule has 3 rings (SSSR count). The Bertz CT molecular complexity index is 624. The minimum absolute atomic E-state index is 0.0297. The molecule has 110 valence electrons. The number of nitrogens with two attached hydrogens (primary N) is 1. The van der Waals surface area contributed by atoms with E-state index in [1.54, 1.807) is 18.7 Å². The number of thioether (sulfide) groups is 1. The van der Waals surface area contributed by atoms with Gasteiger partial charge in [-0.1, -0.05) is 12.1 Å². The van der Waals surface area contributed by atoms with Gasteiger partial charge in [-0.25, -0.2) is 10.4 Å². The van der Waals surface area contributed by atoms with Gasteiger partial charge in [0.2, 0.25) is 0 Å². The molecule has 2 heterocycles. The van der Waals surface area contributed by atoms with Crippen molar-refractivity contribution in [3.8, 4) is 0 Å². The van der Waals surface area contributed by atoms with E-state index in [1.165, 1.54) is 0 Å². The number of aliphatic imine (C=N–C) groups is 1. The maximum absolute atomic E-state index is 11.9. The second-order valence-electron chi connectivity index (χ2n) is 5.00.